The highest BCUT2D eigenvalue weighted by Crippen LogP contribution is 2.36. The zero-order chi connectivity index (χ0) is 20.2. The van der Waals surface area contributed by atoms with Crippen LogP contribution in [0, 0.1) is 0 Å². The summed E-state index contributed by atoms with van der Waals surface area (Å²) >= 11 is 13.5. The number of carbonyl (C=O) groups is 1. The van der Waals surface area contributed by atoms with E-state index in [2.05, 4.69) is 20.1 Å². The second kappa shape index (κ2) is 9.24. The second-order valence-corrected chi connectivity index (χ2v) is 8.61. The number of halogens is 2. The van der Waals surface area contributed by atoms with Crippen LogP contribution in [0.2, 0.25) is 10.0 Å². The Balaban J connectivity index is 1.51. The van der Waals surface area contributed by atoms with Crippen LogP contribution in [0.25, 0.3) is 11.6 Å². The number of anilines is 1. The number of carbonyl (C=O) groups excluding carboxylic acids is 1. The van der Waals surface area contributed by atoms with Gasteiger partial charge in [0.2, 0.25) is 11.7 Å². The predicted molar refractivity (Wildman–Crippen MR) is 116 cm³/mol. The molecule has 0 aliphatic heterocycles. The van der Waals surface area contributed by atoms with Crippen LogP contribution in [0.5, 0.6) is 0 Å². The number of hydrogen-bond acceptors (Lipinski definition) is 5. The molecule has 4 rings (SSSR count). The molecule has 152 valence electrons. The molecule has 0 radical (unpaired) electrons. The van der Waals surface area contributed by atoms with Crippen LogP contribution in [0.4, 0.5) is 5.69 Å². The van der Waals surface area contributed by atoms with Crippen molar-refractivity contribution in [1.82, 2.24) is 14.8 Å². The van der Waals surface area contributed by atoms with Gasteiger partial charge < -0.3 is 9.73 Å². The molecule has 1 saturated carbocycles. The van der Waals surface area contributed by atoms with Gasteiger partial charge in [-0.2, -0.15) is 0 Å². The molecule has 1 fully saturated rings. The Kier molecular flexibility index (Phi) is 6.47. The Bertz CT molecular complexity index is 985. The fourth-order valence-corrected chi connectivity index (χ4v) is 4.69. The lowest BCUT2D eigenvalue weighted by Crippen LogP contribution is -2.17. The number of thioether (sulfide) groups is 1. The largest absolute Gasteiger partial charge is 0.461 e. The van der Waals surface area contributed by atoms with Crippen LogP contribution in [-0.4, -0.2) is 26.4 Å². The van der Waals surface area contributed by atoms with Gasteiger partial charge >= 0.3 is 0 Å². The summed E-state index contributed by atoms with van der Waals surface area (Å²) in [5, 5.41) is 12.9. The molecule has 0 atom stereocenters. The number of nitrogens with one attached hydrogen (secondary N) is 1. The number of amides is 1. The minimum Gasteiger partial charge on any atom is -0.461 e. The Morgan fingerprint density at radius 2 is 2.00 bits per heavy atom. The predicted octanol–water partition coefficient (Wildman–Crippen LogP) is 6.08. The number of nitrogens with zero attached hydrogens (tertiary/aromatic N) is 3. The molecule has 29 heavy (non-hydrogen) atoms. The van der Waals surface area contributed by atoms with Gasteiger partial charge in [0.05, 0.1) is 27.7 Å². The van der Waals surface area contributed by atoms with E-state index < -0.39 is 0 Å². The minimum atomic E-state index is -0.183. The van der Waals surface area contributed by atoms with E-state index in [0.717, 1.165) is 18.0 Å². The minimum absolute atomic E-state index is 0.183. The maximum Gasteiger partial charge on any atom is 0.234 e. The van der Waals surface area contributed by atoms with Crippen LogP contribution in [0.3, 0.4) is 0 Å². The van der Waals surface area contributed by atoms with Crippen LogP contribution < -0.4 is 5.32 Å². The number of benzene rings is 1. The molecule has 6 nitrogen and oxygen atoms in total. The van der Waals surface area contributed by atoms with Gasteiger partial charge in [-0.25, -0.2) is 0 Å². The molecule has 0 saturated heterocycles. The number of furan rings is 1. The average molecular weight is 451 g/mol. The molecular formula is C20H20Cl2N4O2S. The highest BCUT2D eigenvalue weighted by molar-refractivity contribution is 7.99. The van der Waals surface area contributed by atoms with Crippen molar-refractivity contribution < 1.29 is 9.21 Å². The average Bonchev–Trinajstić information content (AvgIpc) is 3.40. The van der Waals surface area contributed by atoms with E-state index in [1.165, 1.54) is 31.0 Å². The summed E-state index contributed by atoms with van der Waals surface area (Å²) in [5.74, 6) is 1.40. The first-order chi connectivity index (χ1) is 14.1. The van der Waals surface area contributed by atoms with Gasteiger partial charge in [-0.05, 0) is 37.1 Å². The number of rotatable bonds is 6. The molecule has 9 heteroatoms. The first-order valence-electron chi connectivity index (χ1n) is 9.49. The van der Waals surface area contributed by atoms with Crippen LogP contribution >= 0.6 is 35.0 Å². The lowest BCUT2D eigenvalue weighted by atomic mass is 9.95. The van der Waals surface area contributed by atoms with Gasteiger partial charge in [-0.15, -0.1) is 10.2 Å². The molecule has 0 spiro atoms. The summed E-state index contributed by atoms with van der Waals surface area (Å²) in [6.07, 6.45) is 7.38. The van der Waals surface area contributed by atoms with Gasteiger partial charge in [0.25, 0.3) is 0 Å². The third-order valence-electron chi connectivity index (χ3n) is 4.90. The van der Waals surface area contributed by atoms with Gasteiger partial charge in [-0.1, -0.05) is 60.3 Å². The van der Waals surface area contributed by atoms with Crippen LogP contribution in [0.1, 0.15) is 38.1 Å². The topological polar surface area (TPSA) is 73.0 Å². The summed E-state index contributed by atoms with van der Waals surface area (Å²) in [6, 6.07) is 9.17. The third-order valence-corrected chi connectivity index (χ3v) is 6.67. The zero-order valence-corrected chi connectivity index (χ0v) is 17.9. The van der Waals surface area contributed by atoms with E-state index in [1.807, 2.05) is 12.1 Å². The summed E-state index contributed by atoms with van der Waals surface area (Å²) in [7, 11) is 0. The smallest absolute Gasteiger partial charge is 0.234 e. The zero-order valence-electron chi connectivity index (χ0n) is 15.6. The van der Waals surface area contributed by atoms with Crippen molar-refractivity contribution in [3.63, 3.8) is 0 Å². The van der Waals surface area contributed by atoms with Crippen molar-refractivity contribution in [3.05, 3.63) is 46.6 Å². The molecule has 3 aromatic rings. The lowest BCUT2D eigenvalue weighted by Gasteiger charge is -2.25. The van der Waals surface area contributed by atoms with Gasteiger partial charge in [0, 0.05) is 6.04 Å². The van der Waals surface area contributed by atoms with Crippen molar-refractivity contribution in [2.75, 3.05) is 11.1 Å². The molecule has 1 aliphatic carbocycles. The van der Waals surface area contributed by atoms with Crippen LogP contribution in [0.15, 0.2) is 46.2 Å². The Morgan fingerprint density at radius 1 is 1.17 bits per heavy atom. The first kappa shape index (κ1) is 20.3. The monoisotopic (exact) mass is 450 g/mol. The Labute approximate surface area is 183 Å². The van der Waals surface area contributed by atoms with Gasteiger partial charge in [-0.3, -0.25) is 9.36 Å². The van der Waals surface area contributed by atoms with Crippen molar-refractivity contribution in [3.8, 4) is 11.6 Å². The van der Waals surface area contributed by atoms with E-state index >= 15 is 0 Å². The Hall–Kier alpha value is -1.96. The van der Waals surface area contributed by atoms with Crippen molar-refractivity contribution in [1.29, 1.82) is 0 Å². The normalized spacial score (nSPS) is 14.8. The summed E-state index contributed by atoms with van der Waals surface area (Å²) in [6.45, 7) is 0. The second-order valence-electron chi connectivity index (χ2n) is 6.88. The van der Waals surface area contributed by atoms with E-state index in [4.69, 9.17) is 27.6 Å². The van der Waals surface area contributed by atoms with E-state index in [-0.39, 0.29) is 11.7 Å². The maximum absolute atomic E-state index is 12.5. The van der Waals surface area contributed by atoms with Gasteiger partial charge in [0.1, 0.15) is 0 Å². The third kappa shape index (κ3) is 4.63. The van der Waals surface area contributed by atoms with E-state index in [9.17, 15) is 4.79 Å². The first-order valence-corrected chi connectivity index (χ1v) is 11.2. The standard InChI is InChI=1S/C20H20Cl2N4O2S/c21-14-8-4-9-15(18(14)22)23-17(27)12-29-20-25-24-19(16-10-5-11-28-16)26(20)13-6-2-1-3-7-13/h4-5,8-11,13H,1-3,6-7,12H2,(H,23,27). The molecule has 2 aromatic heterocycles. The molecule has 1 aromatic carbocycles. The van der Waals surface area contributed by atoms with Crippen LogP contribution in [-0.2, 0) is 4.79 Å². The highest BCUT2D eigenvalue weighted by Gasteiger charge is 2.25. The molecule has 1 amide bonds. The van der Waals surface area contributed by atoms with Gasteiger partial charge in [0.15, 0.2) is 10.9 Å². The van der Waals surface area contributed by atoms with Crippen molar-refractivity contribution in [2.45, 2.75) is 43.3 Å². The maximum atomic E-state index is 12.5. The Morgan fingerprint density at radius 3 is 2.76 bits per heavy atom. The molecule has 0 unspecified atom stereocenters. The van der Waals surface area contributed by atoms with E-state index in [0.29, 0.717) is 33.4 Å². The SMILES string of the molecule is O=C(CSc1nnc(-c2ccco2)n1C1CCCCC1)Nc1cccc(Cl)c1Cl. The molecule has 1 N–H and O–H groups in total. The summed E-state index contributed by atoms with van der Waals surface area (Å²) in [4.78, 5) is 12.5. The number of hydrogen-bond donors (Lipinski definition) is 1. The van der Waals surface area contributed by atoms with Crippen molar-refractivity contribution >= 4 is 46.6 Å². The molecular weight excluding hydrogens is 431 g/mol. The summed E-state index contributed by atoms with van der Waals surface area (Å²) < 4.78 is 7.68. The highest BCUT2D eigenvalue weighted by atomic mass is 35.5. The quantitative estimate of drug-likeness (QED) is 0.460. The molecule has 2 heterocycles. The fraction of sp³-hybridized carbons (Fsp3) is 0.350. The summed E-state index contributed by atoms with van der Waals surface area (Å²) in [5.41, 5.74) is 0.495. The van der Waals surface area contributed by atoms with Crippen molar-refractivity contribution in [2.24, 2.45) is 0 Å². The number of aromatic nitrogens is 3. The fourth-order valence-electron chi connectivity index (χ4n) is 3.53. The lowest BCUT2D eigenvalue weighted by molar-refractivity contribution is -0.113. The molecule has 1 aliphatic rings. The van der Waals surface area contributed by atoms with E-state index in [1.54, 1.807) is 24.5 Å². The molecule has 0 bridgehead atoms.